The summed E-state index contributed by atoms with van der Waals surface area (Å²) in [4.78, 5) is 12.0. The highest BCUT2D eigenvalue weighted by Gasteiger charge is 2.37. The number of nitrogens with one attached hydrogen (secondary N) is 1. The number of carbonyl (C=O) groups is 1. The SMILES string of the molecule is CC(C)CC(C(=O)O)c1cc(Nc2ccc(F)cc2C(F)(F)F)cc(-c2cc(C(F)(F)F)cc(C(F)(F)F)c2)c1. The molecule has 40 heavy (non-hydrogen) atoms. The van der Waals surface area contributed by atoms with Crippen LogP contribution in [0.25, 0.3) is 11.1 Å². The number of benzene rings is 3. The molecule has 216 valence electrons. The van der Waals surface area contributed by atoms with Crippen LogP contribution < -0.4 is 5.32 Å². The van der Waals surface area contributed by atoms with Gasteiger partial charge in [-0.15, -0.1) is 0 Å². The molecule has 0 radical (unpaired) electrons. The summed E-state index contributed by atoms with van der Waals surface area (Å²) in [6.07, 6.45) is -15.4. The molecule has 0 aliphatic rings. The average Bonchev–Trinajstić information content (AvgIpc) is 2.81. The molecule has 0 spiro atoms. The molecule has 0 saturated carbocycles. The first kappa shape index (κ1) is 30.8. The van der Waals surface area contributed by atoms with Gasteiger partial charge in [0.2, 0.25) is 0 Å². The summed E-state index contributed by atoms with van der Waals surface area (Å²) in [5.74, 6) is -4.10. The lowest BCUT2D eigenvalue weighted by Gasteiger charge is -2.20. The Labute approximate surface area is 221 Å². The van der Waals surface area contributed by atoms with Gasteiger partial charge in [-0.3, -0.25) is 4.79 Å². The fraction of sp³-hybridized carbons (Fsp3) is 0.296. The van der Waals surface area contributed by atoms with Crippen molar-refractivity contribution in [2.24, 2.45) is 5.92 Å². The van der Waals surface area contributed by atoms with E-state index in [9.17, 15) is 53.8 Å². The van der Waals surface area contributed by atoms with Crippen LogP contribution in [0.15, 0.2) is 54.6 Å². The zero-order chi connectivity index (χ0) is 30.2. The summed E-state index contributed by atoms with van der Waals surface area (Å²) in [5, 5.41) is 12.2. The minimum atomic E-state index is -5.17. The van der Waals surface area contributed by atoms with E-state index in [1.165, 1.54) is 0 Å². The lowest BCUT2D eigenvalue weighted by Crippen LogP contribution is -2.15. The molecular formula is C27H21F10NO2. The molecule has 1 atom stereocenters. The lowest BCUT2D eigenvalue weighted by molar-refractivity contribution is -0.143. The van der Waals surface area contributed by atoms with Crippen LogP contribution in [0.2, 0.25) is 0 Å². The van der Waals surface area contributed by atoms with Crippen LogP contribution in [-0.2, 0) is 23.3 Å². The van der Waals surface area contributed by atoms with Crippen molar-refractivity contribution in [1.29, 1.82) is 0 Å². The quantitative estimate of drug-likeness (QED) is 0.273. The number of hydrogen-bond acceptors (Lipinski definition) is 2. The molecule has 3 aromatic carbocycles. The fourth-order valence-electron chi connectivity index (χ4n) is 4.08. The predicted molar refractivity (Wildman–Crippen MR) is 126 cm³/mol. The maximum absolute atomic E-state index is 13.6. The lowest BCUT2D eigenvalue weighted by atomic mass is 9.87. The molecule has 1 unspecified atom stereocenters. The number of carboxylic acids is 1. The van der Waals surface area contributed by atoms with Crippen molar-refractivity contribution in [3.63, 3.8) is 0 Å². The van der Waals surface area contributed by atoms with E-state index in [0.717, 1.165) is 24.3 Å². The smallest absolute Gasteiger partial charge is 0.418 e. The van der Waals surface area contributed by atoms with Crippen molar-refractivity contribution >= 4 is 17.3 Å². The molecule has 13 heteroatoms. The molecular weight excluding hydrogens is 560 g/mol. The molecule has 0 fully saturated rings. The van der Waals surface area contributed by atoms with E-state index in [1.807, 2.05) is 0 Å². The third-order valence-corrected chi connectivity index (χ3v) is 5.85. The van der Waals surface area contributed by atoms with Crippen LogP contribution in [0, 0.1) is 11.7 Å². The zero-order valence-electron chi connectivity index (χ0n) is 20.7. The van der Waals surface area contributed by atoms with Gasteiger partial charge in [0.15, 0.2) is 0 Å². The summed E-state index contributed by atoms with van der Waals surface area (Å²) in [5.41, 5.74) is -6.65. The summed E-state index contributed by atoms with van der Waals surface area (Å²) in [6, 6.07) is 5.63. The standard InChI is InChI=1S/C27H21F10NO2/c1-13(2)5-21(24(39)40)16-6-14(15-7-17(25(29,30)31)11-18(8-15)26(32,33)34)9-20(10-16)38-23-4-3-19(28)12-22(23)27(35,36)37/h3-4,6-13,21,38H,5H2,1-2H3,(H,39,40). The van der Waals surface area contributed by atoms with Gasteiger partial charge in [0.1, 0.15) is 5.82 Å². The molecule has 0 aliphatic carbocycles. The molecule has 3 nitrogen and oxygen atoms in total. The minimum absolute atomic E-state index is 0.00102. The first-order chi connectivity index (χ1) is 18.3. The highest BCUT2D eigenvalue weighted by molar-refractivity contribution is 5.80. The normalized spacial score (nSPS) is 13.4. The van der Waals surface area contributed by atoms with Gasteiger partial charge in [-0.25, -0.2) is 4.39 Å². The van der Waals surface area contributed by atoms with E-state index in [-0.39, 0.29) is 41.3 Å². The summed E-state index contributed by atoms with van der Waals surface area (Å²) in [6.45, 7) is 3.35. The van der Waals surface area contributed by atoms with E-state index in [0.29, 0.717) is 18.2 Å². The Hall–Kier alpha value is -3.77. The molecule has 0 aliphatic heterocycles. The Morgan fingerprint density at radius 1 is 0.775 bits per heavy atom. The summed E-state index contributed by atoms with van der Waals surface area (Å²) >= 11 is 0. The highest BCUT2D eigenvalue weighted by atomic mass is 19.4. The van der Waals surface area contributed by atoms with Crippen LogP contribution in [0.3, 0.4) is 0 Å². The Morgan fingerprint density at radius 3 is 1.80 bits per heavy atom. The van der Waals surface area contributed by atoms with Crippen LogP contribution >= 0.6 is 0 Å². The third-order valence-electron chi connectivity index (χ3n) is 5.85. The molecule has 0 bridgehead atoms. The Bertz CT molecular complexity index is 1360. The van der Waals surface area contributed by atoms with E-state index >= 15 is 0 Å². The van der Waals surface area contributed by atoms with Crippen molar-refractivity contribution in [3.8, 4) is 11.1 Å². The van der Waals surface area contributed by atoms with Gasteiger partial charge in [-0.05, 0) is 77.6 Å². The Balaban J connectivity index is 2.30. The van der Waals surface area contributed by atoms with Gasteiger partial charge in [0, 0.05) is 5.69 Å². The maximum Gasteiger partial charge on any atom is 0.418 e. The summed E-state index contributed by atoms with van der Waals surface area (Å²) < 4.78 is 135. The Morgan fingerprint density at radius 2 is 1.32 bits per heavy atom. The van der Waals surface area contributed by atoms with Gasteiger partial charge >= 0.3 is 24.5 Å². The van der Waals surface area contributed by atoms with Gasteiger partial charge in [0.05, 0.1) is 28.3 Å². The third kappa shape index (κ3) is 7.45. The molecule has 0 aromatic heterocycles. The maximum atomic E-state index is 13.6. The van der Waals surface area contributed by atoms with Crippen LogP contribution in [0.4, 0.5) is 55.3 Å². The Kier molecular flexibility index (Phi) is 8.47. The fourth-order valence-corrected chi connectivity index (χ4v) is 4.08. The molecule has 3 rings (SSSR count). The second kappa shape index (κ2) is 11.0. The molecule has 0 amide bonds. The molecule has 0 heterocycles. The van der Waals surface area contributed by atoms with Crippen molar-refractivity contribution in [2.75, 3.05) is 5.32 Å². The topological polar surface area (TPSA) is 49.3 Å². The molecule has 3 aromatic rings. The van der Waals surface area contributed by atoms with E-state index in [2.05, 4.69) is 5.32 Å². The number of carboxylic acid groups (broad SMARTS) is 1. The second-order valence-corrected chi connectivity index (χ2v) is 9.47. The molecule has 2 N–H and O–H groups in total. The summed E-state index contributed by atoms with van der Waals surface area (Å²) in [7, 11) is 0. The van der Waals surface area contributed by atoms with Crippen LogP contribution in [0.1, 0.15) is 48.4 Å². The minimum Gasteiger partial charge on any atom is -0.481 e. The number of hydrogen-bond donors (Lipinski definition) is 2. The van der Waals surface area contributed by atoms with E-state index in [1.54, 1.807) is 13.8 Å². The number of aliphatic carboxylic acids is 1. The second-order valence-electron chi connectivity index (χ2n) is 9.47. The van der Waals surface area contributed by atoms with Gasteiger partial charge in [-0.1, -0.05) is 19.9 Å². The number of alkyl halides is 9. The van der Waals surface area contributed by atoms with Crippen molar-refractivity contribution in [1.82, 2.24) is 0 Å². The van der Waals surface area contributed by atoms with Crippen molar-refractivity contribution in [3.05, 3.63) is 82.7 Å². The zero-order valence-corrected chi connectivity index (χ0v) is 20.7. The first-order valence-corrected chi connectivity index (χ1v) is 11.6. The van der Waals surface area contributed by atoms with E-state index in [4.69, 9.17) is 0 Å². The van der Waals surface area contributed by atoms with Crippen molar-refractivity contribution in [2.45, 2.75) is 44.7 Å². The number of halogens is 10. The van der Waals surface area contributed by atoms with Gasteiger partial charge in [-0.2, -0.15) is 39.5 Å². The highest BCUT2D eigenvalue weighted by Crippen LogP contribution is 2.41. The van der Waals surface area contributed by atoms with Crippen molar-refractivity contribution < 1.29 is 53.8 Å². The van der Waals surface area contributed by atoms with Crippen LogP contribution in [0.5, 0.6) is 0 Å². The monoisotopic (exact) mass is 581 g/mol. The largest absolute Gasteiger partial charge is 0.481 e. The molecule has 0 saturated heterocycles. The number of rotatable bonds is 7. The van der Waals surface area contributed by atoms with E-state index < -0.39 is 64.2 Å². The average molecular weight is 581 g/mol. The van der Waals surface area contributed by atoms with Gasteiger partial charge < -0.3 is 10.4 Å². The predicted octanol–water partition coefficient (Wildman–Crippen LogP) is 9.51. The van der Waals surface area contributed by atoms with Crippen LogP contribution in [-0.4, -0.2) is 11.1 Å². The van der Waals surface area contributed by atoms with Gasteiger partial charge in [0.25, 0.3) is 0 Å². The number of anilines is 2. The first-order valence-electron chi connectivity index (χ1n) is 11.6.